The second kappa shape index (κ2) is 6.64. The molecule has 7 nitrogen and oxygen atoms in total. The number of oxime groups is 1. The number of nitrogens with two attached hydrogens (primary N) is 1. The third-order valence-corrected chi connectivity index (χ3v) is 3.21. The lowest BCUT2D eigenvalue weighted by atomic mass is 10.2. The highest BCUT2D eigenvalue weighted by Gasteiger charge is 2.11. The van der Waals surface area contributed by atoms with Crippen LogP contribution in [0.5, 0.6) is 0 Å². The van der Waals surface area contributed by atoms with E-state index < -0.39 is 0 Å². The van der Waals surface area contributed by atoms with Crippen LogP contribution in [0.3, 0.4) is 0 Å². The Labute approximate surface area is 114 Å². The maximum Gasteiger partial charge on any atom is 0.205 e. The Bertz CT molecular complexity index is 515. The Morgan fingerprint density at radius 2 is 2.42 bits per heavy atom. The largest absolute Gasteiger partial charge is 0.409 e. The SMILES string of the molecule is NC(CCN(Cc1cccnc1)c1ncns1)=NO. The molecule has 0 unspecified atom stereocenters. The van der Waals surface area contributed by atoms with Crippen LogP contribution in [0.4, 0.5) is 5.13 Å². The van der Waals surface area contributed by atoms with Gasteiger partial charge >= 0.3 is 0 Å². The Hall–Kier alpha value is -2.22. The van der Waals surface area contributed by atoms with Gasteiger partial charge in [-0.3, -0.25) is 4.98 Å². The molecule has 0 radical (unpaired) electrons. The summed E-state index contributed by atoms with van der Waals surface area (Å²) in [6.45, 7) is 1.25. The van der Waals surface area contributed by atoms with Crippen molar-refractivity contribution in [3.05, 3.63) is 36.4 Å². The lowest BCUT2D eigenvalue weighted by molar-refractivity contribution is 0.317. The maximum absolute atomic E-state index is 8.58. The van der Waals surface area contributed by atoms with Crippen LogP contribution >= 0.6 is 11.5 Å². The summed E-state index contributed by atoms with van der Waals surface area (Å²) in [7, 11) is 0. The molecule has 2 rings (SSSR count). The van der Waals surface area contributed by atoms with Crippen LogP contribution in [-0.4, -0.2) is 31.9 Å². The van der Waals surface area contributed by atoms with Gasteiger partial charge in [-0.15, -0.1) is 0 Å². The van der Waals surface area contributed by atoms with Crippen molar-refractivity contribution in [3.8, 4) is 0 Å². The smallest absolute Gasteiger partial charge is 0.205 e. The van der Waals surface area contributed by atoms with Crippen LogP contribution in [0.2, 0.25) is 0 Å². The number of anilines is 1. The predicted octanol–water partition coefficient (Wildman–Crippen LogP) is 1.08. The molecule has 0 bridgehead atoms. The van der Waals surface area contributed by atoms with Crippen molar-refractivity contribution < 1.29 is 5.21 Å². The fraction of sp³-hybridized carbons (Fsp3) is 0.273. The van der Waals surface area contributed by atoms with Gasteiger partial charge in [-0.25, -0.2) is 4.98 Å². The van der Waals surface area contributed by atoms with Crippen LogP contribution in [-0.2, 0) is 6.54 Å². The van der Waals surface area contributed by atoms with E-state index in [2.05, 4.69) is 19.5 Å². The van der Waals surface area contributed by atoms with Gasteiger partial charge in [0, 0.05) is 43.4 Å². The predicted molar refractivity (Wildman–Crippen MR) is 73.2 cm³/mol. The zero-order valence-electron chi connectivity index (χ0n) is 10.2. The summed E-state index contributed by atoms with van der Waals surface area (Å²) >= 11 is 1.31. The van der Waals surface area contributed by atoms with Crippen LogP contribution in [0, 0.1) is 0 Å². The number of pyridine rings is 1. The fourth-order valence-electron chi connectivity index (χ4n) is 1.56. The molecular formula is C11H14N6OS. The van der Waals surface area contributed by atoms with E-state index in [4.69, 9.17) is 10.9 Å². The summed E-state index contributed by atoms with van der Waals surface area (Å²) in [5, 5.41) is 12.3. The maximum atomic E-state index is 8.58. The van der Waals surface area contributed by atoms with Crippen molar-refractivity contribution in [1.82, 2.24) is 14.3 Å². The molecule has 0 aliphatic heterocycles. The van der Waals surface area contributed by atoms with Gasteiger partial charge in [0.05, 0.1) is 0 Å². The molecule has 0 aliphatic carbocycles. The molecule has 0 saturated carbocycles. The van der Waals surface area contributed by atoms with E-state index >= 15 is 0 Å². The molecular weight excluding hydrogens is 264 g/mol. The first kappa shape index (κ1) is 13.2. The van der Waals surface area contributed by atoms with Gasteiger partial charge < -0.3 is 15.8 Å². The normalized spacial score (nSPS) is 11.5. The summed E-state index contributed by atoms with van der Waals surface area (Å²) in [4.78, 5) is 10.3. The number of hydrogen-bond acceptors (Lipinski definition) is 7. The van der Waals surface area contributed by atoms with E-state index in [1.165, 1.54) is 17.9 Å². The zero-order chi connectivity index (χ0) is 13.5. The van der Waals surface area contributed by atoms with Gasteiger partial charge in [0.25, 0.3) is 0 Å². The van der Waals surface area contributed by atoms with Crippen molar-refractivity contribution in [2.75, 3.05) is 11.4 Å². The van der Waals surface area contributed by atoms with Crippen molar-refractivity contribution in [2.24, 2.45) is 10.9 Å². The molecule has 2 heterocycles. The van der Waals surface area contributed by atoms with Crippen LogP contribution < -0.4 is 10.6 Å². The first-order valence-corrected chi connectivity index (χ1v) is 6.44. The summed E-state index contributed by atoms with van der Waals surface area (Å²) < 4.78 is 3.99. The topological polar surface area (TPSA) is 101 Å². The zero-order valence-corrected chi connectivity index (χ0v) is 11.0. The Balaban J connectivity index is 2.07. The standard InChI is InChI=1S/C11H14N6OS/c12-10(16-18)3-5-17(11-14-8-15-19-11)7-9-2-1-4-13-6-9/h1-2,4,6,8,18H,3,5,7H2,(H2,12,16). The minimum atomic E-state index is 0.195. The van der Waals surface area contributed by atoms with Gasteiger partial charge in [0.1, 0.15) is 12.2 Å². The molecule has 0 aliphatic rings. The van der Waals surface area contributed by atoms with E-state index in [1.54, 1.807) is 12.4 Å². The molecule has 100 valence electrons. The molecule has 0 spiro atoms. The van der Waals surface area contributed by atoms with Crippen LogP contribution in [0.25, 0.3) is 0 Å². The average Bonchev–Trinajstić information content (AvgIpc) is 2.98. The number of aromatic nitrogens is 3. The van der Waals surface area contributed by atoms with Gasteiger partial charge in [-0.2, -0.15) is 4.37 Å². The average molecular weight is 278 g/mol. The van der Waals surface area contributed by atoms with E-state index in [-0.39, 0.29) is 5.84 Å². The van der Waals surface area contributed by atoms with Gasteiger partial charge in [-0.05, 0) is 11.6 Å². The highest BCUT2D eigenvalue weighted by molar-refractivity contribution is 7.09. The quantitative estimate of drug-likeness (QED) is 0.355. The minimum Gasteiger partial charge on any atom is -0.409 e. The first-order chi connectivity index (χ1) is 9.29. The van der Waals surface area contributed by atoms with E-state index in [9.17, 15) is 0 Å². The lowest BCUT2D eigenvalue weighted by Gasteiger charge is -2.20. The minimum absolute atomic E-state index is 0.195. The second-order valence-electron chi connectivity index (χ2n) is 3.85. The highest BCUT2D eigenvalue weighted by Crippen LogP contribution is 2.17. The summed E-state index contributed by atoms with van der Waals surface area (Å²) in [5.74, 6) is 0.195. The molecule has 0 amide bonds. The molecule has 0 atom stereocenters. The fourth-order valence-corrected chi connectivity index (χ4v) is 2.11. The molecule has 3 N–H and O–H groups in total. The van der Waals surface area contributed by atoms with Crippen molar-refractivity contribution in [2.45, 2.75) is 13.0 Å². The van der Waals surface area contributed by atoms with Gasteiger partial charge in [0.15, 0.2) is 0 Å². The third kappa shape index (κ3) is 3.88. The Kier molecular flexibility index (Phi) is 4.62. The van der Waals surface area contributed by atoms with Crippen LogP contribution in [0.15, 0.2) is 36.0 Å². The monoisotopic (exact) mass is 278 g/mol. The molecule has 0 fully saturated rings. The molecule has 0 saturated heterocycles. The molecule has 2 aromatic heterocycles. The summed E-state index contributed by atoms with van der Waals surface area (Å²) in [6, 6.07) is 3.88. The third-order valence-electron chi connectivity index (χ3n) is 2.48. The summed E-state index contributed by atoms with van der Waals surface area (Å²) in [6.07, 6.45) is 5.50. The van der Waals surface area contributed by atoms with Crippen LogP contribution in [0.1, 0.15) is 12.0 Å². The van der Waals surface area contributed by atoms with E-state index in [0.29, 0.717) is 19.5 Å². The Morgan fingerprint density at radius 3 is 3.05 bits per heavy atom. The molecule has 0 aromatic carbocycles. The summed E-state index contributed by atoms with van der Waals surface area (Å²) in [5.41, 5.74) is 6.56. The van der Waals surface area contributed by atoms with Crippen molar-refractivity contribution in [1.29, 1.82) is 0 Å². The molecule has 2 aromatic rings. The van der Waals surface area contributed by atoms with Gasteiger partial charge in [-0.1, -0.05) is 11.2 Å². The number of rotatable bonds is 6. The number of hydrogen-bond donors (Lipinski definition) is 2. The lowest BCUT2D eigenvalue weighted by Crippen LogP contribution is -2.27. The highest BCUT2D eigenvalue weighted by atomic mass is 32.1. The van der Waals surface area contributed by atoms with E-state index in [0.717, 1.165) is 10.7 Å². The second-order valence-corrected chi connectivity index (χ2v) is 4.61. The van der Waals surface area contributed by atoms with E-state index in [1.807, 2.05) is 17.0 Å². The Morgan fingerprint density at radius 1 is 1.53 bits per heavy atom. The van der Waals surface area contributed by atoms with Gasteiger partial charge in [0.2, 0.25) is 5.13 Å². The molecule has 19 heavy (non-hydrogen) atoms. The number of amidine groups is 1. The number of nitrogens with zero attached hydrogens (tertiary/aromatic N) is 5. The first-order valence-electron chi connectivity index (χ1n) is 5.66. The molecule has 8 heteroatoms. The van der Waals surface area contributed by atoms with Crippen molar-refractivity contribution in [3.63, 3.8) is 0 Å². The van der Waals surface area contributed by atoms with Crippen molar-refractivity contribution >= 4 is 22.5 Å².